The molecule has 0 saturated heterocycles. The Balaban J connectivity index is 2.83. The zero-order valence-electron chi connectivity index (χ0n) is 11.8. The van der Waals surface area contributed by atoms with Crippen molar-refractivity contribution in [3.8, 4) is 5.75 Å². The van der Waals surface area contributed by atoms with Crippen molar-refractivity contribution in [1.29, 1.82) is 0 Å². The van der Waals surface area contributed by atoms with Crippen molar-refractivity contribution in [3.05, 3.63) is 40.2 Å². The molecule has 6 heteroatoms. The molecule has 1 N–H and O–H groups in total. The average molecular weight is 289 g/mol. The molecular formula is C15H15NO5. The van der Waals surface area contributed by atoms with Gasteiger partial charge in [-0.25, -0.2) is 4.79 Å². The molecule has 0 radical (unpaired) electrons. The van der Waals surface area contributed by atoms with Gasteiger partial charge in [-0.05, 0) is 32.0 Å². The molecule has 0 bridgehead atoms. The van der Waals surface area contributed by atoms with Crippen molar-refractivity contribution in [2.24, 2.45) is 0 Å². The smallest absolute Gasteiger partial charge is 0.335 e. The Kier molecular flexibility index (Phi) is 4.07. The number of benzene rings is 1. The first-order valence-electron chi connectivity index (χ1n) is 6.47. The number of nitrogens with zero attached hydrogens (tertiary/aromatic N) is 1. The Morgan fingerprint density at radius 1 is 1.29 bits per heavy atom. The van der Waals surface area contributed by atoms with Gasteiger partial charge in [-0.1, -0.05) is 0 Å². The van der Waals surface area contributed by atoms with E-state index in [9.17, 15) is 14.4 Å². The first-order valence-corrected chi connectivity index (χ1v) is 6.47. The first kappa shape index (κ1) is 14.8. The van der Waals surface area contributed by atoms with E-state index in [-0.39, 0.29) is 29.2 Å². The van der Waals surface area contributed by atoms with Crippen LogP contribution in [-0.2, 0) is 11.3 Å². The molecule has 0 atom stereocenters. The van der Waals surface area contributed by atoms with Gasteiger partial charge < -0.3 is 9.84 Å². The van der Waals surface area contributed by atoms with E-state index >= 15 is 0 Å². The molecule has 0 aliphatic heterocycles. The van der Waals surface area contributed by atoms with Crippen LogP contribution in [0.2, 0.25) is 0 Å². The third-order valence-electron chi connectivity index (χ3n) is 2.97. The Hall–Kier alpha value is -2.63. The Morgan fingerprint density at radius 2 is 2.00 bits per heavy atom. The number of hydrogen-bond acceptors (Lipinski definition) is 4. The summed E-state index contributed by atoms with van der Waals surface area (Å²) in [5.41, 5.74) is 0.172. The second kappa shape index (κ2) is 5.78. The minimum absolute atomic E-state index is 0.0685. The summed E-state index contributed by atoms with van der Waals surface area (Å²) in [4.78, 5) is 34.5. The monoisotopic (exact) mass is 289 g/mol. The van der Waals surface area contributed by atoms with Gasteiger partial charge >= 0.3 is 5.97 Å². The number of ether oxygens (including phenoxy) is 1. The molecule has 21 heavy (non-hydrogen) atoms. The van der Waals surface area contributed by atoms with Gasteiger partial charge in [0.2, 0.25) is 0 Å². The summed E-state index contributed by atoms with van der Waals surface area (Å²) in [6.07, 6.45) is 0. The maximum atomic E-state index is 12.0. The lowest BCUT2D eigenvalue weighted by atomic mass is 10.1. The van der Waals surface area contributed by atoms with Crippen LogP contribution in [0.1, 0.15) is 24.2 Å². The fourth-order valence-electron chi connectivity index (χ4n) is 2.18. The molecule has 2 aromatic rings. The van der Waals surface area contributed by atoms with Crippen molar-refractivity contribution >= 4 is 22.7 Å². The second-order valence-electron chi connectivity index (χ2n) is 4.61. The van der Waals surface area contributed by atoms with Crippen LogP contribution in [0, 0.1) is 0 Å². The Morgan fingerprint density at radius 3 is 2.57 bits per heavy atom. The molecule has 0 saturated carbocycles. The number of pyridine rings is 1. The minimum atomic E-state index is -1.08. The van der Waals surface area contributed by atoms with Gasteiger partial charge in [0.05, 0.1) is 24.2 Å². The normalized spacial score (nSPS) is 10.6. The zero-order chi connectivity index (χ0) is 15.6. The van der Waals surface area contributed by atoms with Crippen LogP contribution in [0.25, 0.3) is 10.9 Å². The number of fused-ring (bicyclic) bond motifs is 1. The van der Waals surface area contributed by atoms with E-state index in [2.05, 4.69) is 0 Å². The highest BCUT2D eigenvalue weighted by Crippen LogP contribution is 2.27. The molecular weight excluding hydrogens is 274 g/mol. The van der Waals surface area contributed by atoms with Gasteiger partial charge in [0, 0.05) is 11.5 Å². The number of hydrogen-bond donors (Lipinski definition) is 1. The minimum Gasteiger partial charge on any atom is -0.492 e. The van der Waals surface area contributed by atoms with E-state index in [1.165, 1.54) is 35.8 Å². The van der Waals surface area contributed by atoms with Crippen LogP contribution in [0.4, 0.5) is 0 Å². The Bertz CT molecular complexity index is 775. The van der Waals surface area contributed by atoms with Crippen molar-refractivity contribution in [3.63, 3.8) is 0 Å². The quantitative estimate of drug-likeness (QED) is 0.905. The van der Waals surface area contributed by atoms with Gasteiger partial charge in [-0.15, -0.1) is 0 Å². The number of carboxylic acid groups (broad SMARTS) is 1. The molecule has 0 amide bonds. The van der Waals surface area contributed by atoms with Gasteiger partial charge in [0.25, 0.3) is 5.56 Å². The maximum absolute atomic E-state index is 12.0. The van der Waals surface area contributed by atoms with Crippen LogP contribution >= 0.6 is 0 Å². The number of aromatic nitrogens is 1. The predicted octanol–water partition coefficient (Wildman–Crippen LogP) is 1.69. The molecule has 110 valence electrons. The number of ketones is 1. The highest BCUT2D eigenvalue weighted by atomic mass is 16.5. The number of Topliss-reactive ketones (excluding diaryl/α,β-unsaturated/α-hetero) is 1. The van der Waals surface area contributed by atoms with Crippen LogP contribution in [0.3, 0.4) is 0 Å². The molecule has 0 aliphatic carbocycles. The van der Waals surface area contributed by atoms with E-state index in [0.29, 0.717) is 17.5 Å². The number of carbonyl (C=O) groups excluding carboxylic acids is 1. The molecule has 6 nitrogen and oxygen atoms in total. The average Bonchev–Trinajstić information content (AvgIpc) is 2.41. The predicted molar refractivity (Wildman–Crippen MR) is 77.0 cm³/mol. The first-order chi connectivity index (χ1) is 9.93. The zero-order valence-corrected chi connectivity index (χ0v) is 11.8. The fraction of sp³-hybridized carbons (Fsp3) is 0.267. The van der Waals surface area contributed by atoms with Crippen LogP contribution in [0.5, 0.6) is 5.75 Å². The lowest BCUT2D eigenvalue weighted by Gasteiger charge is -2.14. The lowest BCUT2D eigenvalue weighted by Crippen LogP contribution is -2.23. The van der Waals surface area contributed by atoms with Gasteiger partial charge in [-0.2, -0.15) is 0 Å². The number of aromatic carboxylic acids is 1. The SMILES string of the molecule is CCOc1cc(C(=O)O)cc2ccc(=O)n(CC(C)=O)c12. The number of rotatable bonds is 5. The van der Waals surface area contributed by atoms with E-state index < -0.39 is 5.97 Å². The molecule has 0 aliphatic rings. The molecule has 1 aromatic heterocycles. The van der Waals surface area contributed by atoms with E-state index in [1.807, 2.05) is 0 Å². The largest absolute Gasteiger partial charge is 0.492 e. The fourth-order valence-corrected chi connectivity index (χ4v) is 2.18. The summed E-state index contributed by atoms with van der Waals surface area (Å²) in [5.74, 6) is -0.970. The maximum Gasteiger partial charge on any atom is 0.335 e. The van der Waals surface area contributed by atoms with Crippen LogP contribution in [-0.4, -0.2) is 28.0 Å². The molecule has 0 unspecified atom stereocenters. The van der Waals surface area contributed by atoms with Crippen molar-refractivity contribution in [2.75, 3.05) is 6.61 Å². The van der Waals surface area contributed by atoms with Crippen molar-refractivity contribution in [1.82, 2.24) is 4.57 Å². The van der Waals surface area contributed by atoms with Gasteiger partial charge in [-0.3, -0.25) is 14.2 Å². The number of carbonyl (C=O) groups is 2. The van der Waals surface area contributed by atoms with E-state index in [4.69, 9.17) is 9.84 Å². The topological polar surface area (TPSA) is 85.6 Å². The van der Waals surface area contributed by atoms with Crippen LogP contribution < -0.4 is 10.3 Å². The highest BCUT2D eigenvalue weighted by molar-refractivity contribution is 5.96. The summed E-state index contributed by atoms with van der Waals surface area (Å²) in [6, 6.07) is 5.66. The standard InChI is InChI=1S/C15H15NO5/c1-3-21-12-7-11(15(19)20)6-10-4-5-13(18)16(14(10)12)8-9(2)17/h4-7H,3,8H2,1-2H3,(H,19,20). The lowest BCUT2D eigenvalue weighted by molar-refractivity contribution is -0.117. The summed E-state index contributed by atoms with van der Waals surface area (Å²) in [7, 11) is 0. The highest BCUT2D eigenvalue weighted by Gasteiger charge is 2.14. The third kappa shape index (κ3) is 2.94. The van der Waals surface area contributed by atoms with Gasteiger partial charge in [0.1, 0.15) is 11.5 Å². The van der Waals surface area contributed by atoms with Crippen molar-refractivity contribution < 1.29 is 19.4 Å². The number of carboxylic acids is 1. The molecule has 2 rings (SSSR count). The van der Waals surface area contributed by atoms with E-state index in [1.54, 1.807) is 6.92 Å². The van der Waals surface area contributed by atoms with Crippen molar-refractivity contribution in [2.45, 2.75) is 20.4 Å². The molecule has 0 fully saturated rings. The third-order valence-corrected chi connectivity index (χ3v) is 2.97. The summed E-state index contributed by atoms with van der Waals surface area (Å²) in [6.45, 7) is 3.39. The van der Waals surface area contributed by atoms with E-state index in [0.717, 1.165) is 0 Å². The summed E-state index contributed by atoms with van der Waals surface area (Å²) >= 11 is 0. The molecule has 1 heterocycles. The summed E-state index contributed by atoms with van der Waals surface area (Å²) in [5, 5.41) is 9.67. The van der Waals surface area contributed by atoms with Crippen LogP contribution in [0.15, 0.2) is 29.1 Å². The van der Waals surface area contributed by atoms with Gasteiger partial charge in [0.15, 0.2) is 0 Å². The Labute approximate surface area is 120 Å². The molecule has 1 aromatic carbocycles. The summed E-state index contributed by atoms with van der Waals surface area (Å²) < 4.78 is 6.75. The second-order valence-corrected chi connectivity index (χ2v) is 4.61. The molecule has 0 spiro atoms.